The van der Waals surface area contributed by atoms with Crippen molar-refractivity contribution in [1.82, 2.24) is 14.8 Å². The second-order valence-corrected chi connectivity index (χ2v) is 2.44. The molecule has 5 nitrogen and oxygen atoms in total. The van der Waals surface area contributed by atoms with Crippen LogP contribution in [-0.4, -0.2) is 27.3 Å². The number of alkyl halides is 2. The summed E-state index contributed by atoms with van der Waals surface area (Å²) < 4.78 is 29.8. The van der Waals surface area contributed by atoms with Crippen LogP contribution < -0.4 is 0 Å². The third-order valence-corrected chi connectivity index (χ3v) is 1.43. The summed E-state index contributed by atoms with van der Waals surface area (Å²) in [6.07, 6.45) is -2.79. The smallest absolute Gasteiger partial charge is 0.376 e. The molecule has 1 heterocycles. The molecule has 0 bridgehead atoms. The molecule has 0 saturated carbocycles. The first-order chi connectivity index (χ1) is 6.56. The van der Waals surface area contributed by atoms with Crippen LogP contribution in [0.15, 0.2) is 0 Å². The predicted molar refractivity (Wildman–Crippen MR) is 41.9 cm³/mol. The SMILES string of the molecule is CCOC(=O)c1nc(C(F)F)nn1C. The molecule has 0 N–H and O–H groups in total. The van der Waals surface area contributed by atoms with Crippen molar-refractivity contribution >= 4 is 5.97 Å². The zero-order valence-corrected chi connectivity index (χ0v) is 7.70. The van der Waals surface area contributed by atoms with Crippen LogP contribution >= 0.6 is 0 Å². The molecule has 0 fully saturated rings. The second kappa shape index (κ2) is 4.12. The number of esters is 1. The number of halogens is 2. The van der Waals surface area contributed by atoms with Gasteiger partial charge in [0, 0.05) is 7.05 Å². The predicted octanol–water partition coefficient (Wildman–Crippen LogP) is 0.929. The lowest BCUT2D eigenvalue weighted by Gasteiger charge is -1.98. The highest BCUT2D eigenvalue weighted by Crippen LogP contribution is 2.14. The summed E-state index contributed by atoms with van der Waals surface area (Å²) >= 11 is 0. The quantitative estimate of drug-likeness (QED) is 0.689. The molecule has 0 aliphatic rings. The highest BCUT2D eigenvalue weighted by molar-refractivity contribution is 5.85. The highest BCUT2D eigenvalue weighted by Gasteiger charge is 2.20. The van der Waals surface area contributed by atoms with Gasteiger partial charge in [0.15, 0.2) is 0 Å². The van der Waals surface area contributed by atoms with Crippen LogP contribution in [0.5, 0.6) is 0 Å². The lowest BCUT2D eigenvalue weighted by molar-refractivity contribution is 0.0506. The van der Waals surface area contributed by atoms with Crippen LogP contribution in [0.2, 0.25) is 0 Å². The molecule has 0 aliphatic heterocycles. The van der Waals surface area contributed by atoms with Gasteiger partial charge in [0.2, 0.25) is 11.6 Å². The van der Waals surface area contributed by atoms with E-state index in [1.54, 1.807) is 6.92 Å². The van der Waals surface area contributed by atoms with Gasteiger partial charge in [0.25, 0.3) is 6.43 Å². The van der Waals surface area contributed by atoms with Crippen molar-refractivity contribution in [1.29, 1.82) is 0 Å². The topological polar surface area (TPSA) is 57.0 Å². The van der Waals surface area contributed by atoms with Crippen LogP contribution in [0.3, 0.4) is 0 Å². The number of hydrogen-bond acceptors (Lipinski definition) is 4. The number of aromatic nitrogens is 3. The van der Waals surface area contributed by atoms with E-state index in [2.05, 4.69) is 14.8 Å². The van der Waals surface area contributed by atoms with Gasteiger partial charge in [0.05, 0.1) is 6.61 Å². The van der Waals surface area contributed by atoms with Gasteiger partial charge in [-0.3, -0.25) is 0 Å². The highest BCUT2D eigenvalue weighted by atomic mass is 19.3. The zero-order valence-electron chi connectivity index (χ0n) is 7.70. The number of carbonyl (C=O) groups is 1. The van der Waals surface area contributed by atoms with E-state index in [-0.39, 0.29) is 12.4 Å². The fourth-order valence-corrected chi connectivity index (χ4v) is 0.870. The van der Waals surface area contributed by atoms with E-state index in [4.69, 9.17) is 0 Å². The summed E-state index contributed by atoms with van der Waals surface area (Å²) in [5.74, 6) is -1.65. The van der Waals surface area contributed by atoms with Crippen LogP contribution in [0.25, 0.3) is 0 Å². The average molecular weight is 205 g/mol. The number of carbonyl (C=O) groups excluding carboxylic acids is 1. The lowest BCUT2D eigenvalue weighted by atomic mass is 10.6. The minimum absolute atomic E-state index is 0.162. The lowest BCUT2D eigenvalue weighted by Crippen LogP contribution is -2.11. The van der Waals surface area contributed by atoms with Crippen LogP contribution in [-0.2, 0) is 11.8 Å². The van der Waals surface area contributed by atoms with Crippen molar-refractivity contribution in [2.45, 2.75) is 13.3 Å². The maximum Gasteiger partial charge on any atom is 0.376 e. The number of ether oxygens (including phenoxy) is 1. The Morgan fingerprint density at radius 2 is 2.29 bits per heavy atom. The third kappa shape index (κ3) is 2.04. The minimum atomic E-state index is -2.79. The summed E-state index contributed by atoms with van der Waals surface area (Å²) in [6.45, 7) is 1.78. The molecular formula is C7H9F2N3O2. The van der Waals surface area contributed by atoms with Crippen molar-refractivity contribution < 1.29 is 18.3 Å². The van der Waals surface area contributed by atoms with Gasteiger partial charge in [0.1, 0.15) is 0 Å². The Morgan fingerprint density at radius 3 is 2.71 bits per heavy atom. The molecule has 1 rings (SSSR count). The molecule has 0 spiro atoms. The Balaban J connectivity index is 2.92. The molecule has 0 unspecified atom stereocenters. The van der Waals surface area contributed by atoms with E-state index in [0.717, 1.165) is 4.68 Å². The van der Waals surface area contributed by atoms with Gasteiger partial charge in [-0.1, -0.05) is 0 Å². The third-order valence-electron chi connectivity index (χ3n) is 1.43. The molecule has 7 heteroatoms. The molecule has 0 aromatic carbocycles. The number of aryl methyl sites for hydroxylation is 1. The van der Waals surface area contributed by atoms with E-state index in [1.807, 2.05) is 0 Å². The summed E-state index contributed by atoms with van der Waals surface area (Å²) in [5.41, 5.74) is 0. The molecule has 0 aliphatic carbocycles. The molecule has 78 valence electrons. The summed E-state index contributed by atoms with van der Waals surface area (Å²) in [5, 5.41) is 3.37. The maximum atomic E-state index is 12.1. The first-order valence-corrected chi connectivity index (χ1v) is 3.92. The van der Waals surface area contributed by atoms with Crippen LogP contribution in [0, 0.1) is 0 Å². The Labute approximate surface area is 78.7 Å². The second-order valence-electron chi connectivity index (χ2n) is 2.44. The Bertz CT molecular complexity index is 338. The monoisotopic (exact) mass is 205 g/mol. The van der Waals surface area contributed by atoms with Gasteiger partial charge in [-0.2, -0.15) is 4.98 Å². The number of rotatable bonds is 3. The number of nitrogens with zero attached hydrogens (tertiary/aromatic N) is 3. The first kappa shape index (κ1) is 10.6. The maximum absolute atomic E-state index is 12.1. The molecule has 1 aromatic rings. The fourth-order valence-electron chi connectivity index (χ4n) is 0.870. The van der Waals surface area contributed by atoms with Crippen molar-refractivity contribution in [2.24, 2.45) is 7.05 Å². The van der Waals surface area contributed by atoms with Gasteiger partial charge in [-0.15, -0.1) is 5.10 Å². The van der Waals surface area contributed by atoms with E-state index in [0.29, 0.717) is 0 Å². The zero-order chi connectivity index (χ0) is 10.7. The average Bonchev–Trinajstić information content (AvgIpc) is 2.48. The summed E-state index contributed by atoms with van der Waals surface area (Å²) in [4.78, 5) is 14.5. The van der Waals surface area contributed by atoms with Crippen molar-refractivity contribution in [3.05, 3.63) is 11.6 Å². The molecule has 0 atom stereocenters. The Hall–Kier alpha value is -1.53. The van der Waals surface area contributed by atoms with Crippen LogP contribution in [0.4, 0.5) is 8.78 Å². The summed E-state index contributed by atoms with van der Waals surface area (Å²) in [6, 6.07) is 0. The van der Waals surface area contributed by atoms with Crippen molar-refractivity contribution in [3.63, 3.8) is 0 Å². The molecule has 0 amide bonds. The standard InChI is InChI=1S/C7H9F2N3O2/c1-3-14-7(13)6-10-5(4(8)9)11-12(6)2/h4H,3H2,1-2H3. The van der Waals surface area contributed by atoms with Gasteiger partial charge < -0.3 is 4.74 Å². The van der Waals surface area contributed by atoms with E-state index in [1.165, 1.54) is 7.05 Å². The molecule has 1 aromatic heterocycles. The van der Waals surface area contributed by atoms with Gasteiger partial charge in [-0.25, -0.2) is 18.3 Å². The van der Waals surface area contributed by atoms with Crippen molar-refractivity contribution in [2.75, 3.05) is 6.61 Å². The van der Waals surface area contributed by atoms with E-state index >= 15 is 0 Å². The van der Waals surface area contributed by atoms with E-state index < -0.39 is 18.2 Å². The van der Waals surface area contributed by atoms with E-state index in [9.17, 15) is 13.6 Å². The molecule has 0 radical (unpaired) electrons. The molecule has 0 saturated heterocycles. The van der Waals surface area contributed by atoms with Gasteiger partial charge >= 0.3 is 5.97 Å². The molecular weight excluding hydrogens is 196 g/mol. The minimum Gasteiger partial charge on any atom is -0.460 e. The van der Waals surface area contributed by atoms with Crippen LogP contribution in [0.1, 0.15) is 29.8 Å². The fraction of sp³-hybridized carbons (Fsp3) is 0.571. The molecule has 14 heavy (non-hydrogen) atoms. The normalized spacial score (nSPS) is 10.6. The van der Waals surface area contributed by atoms with Gasteiger partial charge in [-0.05, 0) is 6.92 Å². The Kier molecular flexibility index (Phi) is 3.10. The number of hydrogen-bond donors (Lipinski definition) is 0. The Morgan fingerprint density at radius 1 is 1.64 bits per heavy atom. The largest absolute Gasteiger partial charge is 0.460 e. The summed E-state index contributed by atoms with van der Waals surface area (Å²) in [7, 11) is 1.35. The van der Waals surface area contributed by atoms with Crippen molar-refractivity contribution in [3.8, 4) is 0 Å². The first-order valence-electron chi connectivity index (χ1n) is 3.92.